The Morgan fingerprint density at radius 2 is 1.81 bits per heavy atom. The number of amides is 1. The summed E-state index contributed by atoms with van der Waals surface area (Å²) in [6.07, 6.45) is -3.23. The number of nitrogens with one attached hydrogen (secondary N) is 1. The molecule has 0 unspecified atom stereocenters. The SMILES string of the molecule is CN=C(C=C(N)c1ccc(C(F)(F)F)cc1)C(=O)Nc1ccc(F)c(Cl)c1. The Labute approximate surface area is 157 Å². The summed E-state index contributed by atoms with van der Waals surface area (Å²) >= 11 is 5.65. The number of halogens is 5. The van der Waals surface area contributed by atoms with Crippen LogP contribution in [0.3, 0.4) is 0 Å². The van der Waals surface area contributed by atoms with Gasteiger partial charge in [0, 0.05) is 18.4 Å². The Morgan fingerprint density at radius 3 is 2.33 bits per heavy atom. The van der Waals surface area contributed by atoms with Crippen LogP contribution in [0.4, 0.5) is 23.2 Å². The summed E-state index contributed by atoms with van der Waals surface area (Å²) in [5.74, 6) is -1.28. The molecule has 0 aliphatic rings. The van der Waals surface area contributed by atoms with Crippen LogP contribution in [0, 0.1) is 5.82 Å². The first-order chi connectivity index (χ1) is 12.6. The summed E-state index contributed by atoms with van der Waals surface area (Å²) in [7, 11) is 1.35. The molecule has 3 N–H and O–H groups in total. The maximum atomic E-state index is 13.2. The smallest absolute Gasteiger partial charge is 0.398 e. The molecule has 0 saturated carbocycles. The molecule has 0 atom stereocenters. The first-order valence-electron chi connectivity index (χ1n) is 7.50. The van der Waals surface area contributed by atoms with Crippen LogP contribution in [0.2, 0.25) is 5.02 Å². The van der Waals surface area contributed by atoms with Crippen molar-refractivity contribution >= 4 is 34.6 Å². The van der Waals surface area contributed by atoms with Gasteiger partial charge >= 0.3 is 6.18 Å². The number of nitrogens with zero attached hydrogens (tertiary/aromatic N) is 1. The van der Waals surface area contributed by atoms with Crippen LogP contribution in [-0.4, -0.2) is 18.7 Å². The molecule has 0 aliphatic carbocycles. The van der Waals surface area contributed by atoms with Gasteiger partial charge < -0.3 is 11.1 Å². The molecule has 0 bridgehead atoms. The van der Waals surface area contributed by atoms with E-state index in [0.29, 0.717) is 5.56 Å². The van der Waals surface area contributed by atoms with Gasteiger partial charge in [-0.05, 0) is 42.0 Å². The van der Waals surface area contributed by atoms with Crippen LogP contribution in [0.25, 0.3) is 5.70 Å². The minimum Gasteiger partial charge on any atom is -0.398 e. The summed E-state index contributed by atoms with van der Waals surface area (Å²) in [4.78, 5) is 16.1. The second kappa shape index (κ2) is 8.22. The van der Waals surface area contributed by atoms with E-state index in [1.165, 1.54) is 37.4 Å². The van der Waals surface area contributed by atoms with Gasteiger partial charge in [0.2, 0.25) is 0 Å². The average molecular weight is 400 g/mol. The summed E-state index contributed by atoms with van der Waals surface area (Å²) in [5, 5.41) is 2.31. The van der Waals surface area contributed by atoms with E-state index in [2.05, 4.69) is 10.3 Å². The molecule has 0 fully saturated rings. The number of hydrogen-bond donors (Lipinski definition) is 2. The van der Waals surface area contributed by atoms with Gasteiger partial charge in [-0.1, -0.05) is 23.7 Å². The number of carbonyl (C=O) groups is 1. The number of nitrogens with two attached hydrogens (primary N) is 1. The molecule has 2 rings (SSSR count). The Bertz CT molecular complexity index is 906. The van der Waals surface area contributed by atoms with Crippen molar-refractivity contribution in [1.29, 1.82) is 0 Å². The van der Waals surface area contributed by atoms with Gasteiger partial charge in [0.15, 0.2) is 0 Å². The number of alkyl halides is 3. The van der Waals surface area contributed by atoms with Crippen molar-refractivity contribution in [2.24, 2.45) is 10.7 Å². The van der Waals surface area contributed by atoms with Gasteiger partial charge in [-0.15, -0.1) is 0 Å². The highest BCUT2D eigenvalue weighted by atomic mass is 35.5. The van der Waals surface area contributed by atoms with Gasteiger partial charge in [-0.3, -0.25) is 9.79 Å². The maximum Gasteiger partial charge on any atom is 0.416 e. The van der Waals surface area contributed by atoms with Crippen LogP contribution in [-0.2, 0) is 11.0 Å². The zero-order valence-corrected chi connectivity index (χ0v) is 14.7. The molecule has 142 valence electrons. The normalized spacial score (nSPS) is 12.8. The third kappa shape index (κ3) is 5.30. The summed E-state index contributed by atoms with van der Waals surface area (Å²) in [5.41, 5.74) is 5.56. The molecular weight excluding hydrogens is 386 g/mol. The number of benzene rings is 2. The maximum absolute atomic E-state index is 13.2. The van der Waals surface area contributed by atoms with E-state index in [4.69, 9.17) is 17.3 Å². The van der Waals surface area contributed by atoms with Crippen molar-refractivity contribution in [2.75, 3.05) is 12.4 Å². The lowest BCUT2D eigenvalue weighted by atomic mass is 10.1. The predicted octanol–water partition coefficient (Wildman–Crippen LogP) is 4.51. The number of anilines is 1. The number of carbonyl (C=O) groups excluding carboxylic acids is 1. The van der Waals surface area contributed by atoms with E-state index >= 15 is 0 Å². The van der Waals surface area contributed by atoms with Crippen LogP contribution in [0.5, 0.6) is 0 Å². The molecule has 2 aromatic carbocycles. The van der Waals surface area contributed by atoms with Crippen LogP contribution < -0.4 is 11.1 Å². The molecular formula is C18H14ClF4N3O. The molecule has 1 amide bonds. The average Bonchev–Trinajstić information content (AvgIpc) is 2.61. The lowest BCUT2D eigenvalue weighted by Crippen LogP contribution is -2.22. The zero-order chi connectivity index (χ0) is 20.2. The minimum atomic E-state index is -4.45. The Hall–Kier alpha value is -2.87. The third-order valence-corrected chi connectivity index (χ3v) is 3.78. The molecule has 0 spiro atoms. The Balaban J connectivity index is 2.18. The molecule has 4 nitrogen and oxygen atoms in total. The molecule has 0 aromatic heterocycles. The fraction of sp³-hybridized carbons (Fsp3) is 0.111. The monoisotopic (exact) mass is 399 g/mol. The molecule has 9 heteroatoms. The van der Waals surface area contributed by atoms with Crippen LogP contribution >= 0.6 is 11.6 Å². The molecule has 27 heavy (non-hydrogen) atoms. The Morgan fingerprint density at radius 1 is 1.19 bits per heavy atom. The van der Waals surface area contributed by atoms with E-state index in [1.807, 2.05) is 0 Å². The van der Waals surface area contributed by atoms with Crippen molar-refractivity contribution in [3.63, 3.8) is 0 Å². The molecule has 0 heterocycles. The van der Waals surface area contributed by atoms with E-state index in [-0.39, 0.29) is 22.1 Å². The number of rotatable bonds is 4. The van der Waals surface area contributed by atoms with E-state index in [0.717, 1.165) is 18.2 Å². The molecule has 0 radical (unpaired) electrons. The van der Waals surface area contributed by atoms with Crippen LogP contribution in [0.1, 0.15) is 11.1 Å². The summed E-state index contributed by atoms with van der Waals surface area (Å²) < 4.78 is 51.0. The van der Waals surface area contributed by atoms with Crippen molar-refractivity contribution in [3.8, 4) is 0 Å². The number of hydrogen-bond acceptors (Lipinski definition) is 3. The minimum absolute atomic E-state index is 0.0524. The van der Waals surface area contributed by atoms with Crippen molar-refractivity contribution in [1.82, 2.24) is 0 Å². The first-order valence-corrected chi connectivity index (χ1v) is 7.87. The largest absolute Gasteiger partial charge is 0.416 e. The first kappa shape index (κ1) is 20.4. The molecule has 0 aliphatic heterocycles. The highest BCUT2D eigenvalue weighted by molar-refractivity contribution is 6.48. The lowest BCUT2D eigenvalue weighted by Gasteiger charge is -2.09. The van der Waals surface area contributed by atoms with Gasteiger partial charge in [0.05, 0.1) is 10.6 Å². The van der Waals surface area contributed by atoms with Gasteiger partial charge in [0.25, 0.3) is 5.91 Å². The number of aliphatic imine (C=N–C) groups is 1. The third-order valence-electron chi connectivity index (χ3n) is 3.49. The summed E-state index contributed by atoms with van der Waals surface area (Å²) in [6, 6.07) is 7.80. The van der Waals surface area contributed by atoms with E-state index < -0.39 is 23.5 Å². The standard InChI is InChI=1S/C18H14ClF4N3O/c1-25-16(17(27)26-12-6-7-14(20)13(19)8-12)9-15(24)10-2-4-11(5-3-10)18(21,22)23/h2-9H,24H2,1H3,(H,26,27). The van der Waals surface area contributed by atoms with E-state index in [9.17, 15) is 22.4 Å². The quantitative estimate of drug-likeness (QED) is 0.587. The van der Waals surface area contributed by atoms with E-state index in [1.54, 1.807) is 0 Å². The highest BCUT2D eigenvalue weighted by Crippen LogP contribution is 2.29. The second-order valence-corrected chi connectivity index (χ2v) is 5.77. The topological polar surface area (TPSA) is 67.5 Å². The van der Waals surface area contributed by atoms with Crippen molar-refractivity contribution < 1.29 is 22.4 Å². The van der Waals surface area contributed by atoms with Crippen molar-refractivity contribution in [3.05, 3.63) is 70.5 Å². The molecule has 0 saturated heterocycles. The van der Waals surface area contributed by atoms with Gasteiger partial charge in [-0.25, -0.2) is 4.39 Å². The second-order valence-electron chi connectivity index (χ2n) is 5.37. The van der Waals surface area contributed by atoms with Crippen molar-refractivity contribution in [2.45, 2.75) is 6.18 Å². The lowest BCUT2D eigenvalue weighted by molar-refractivity contribution is -0.137. The Kier molecular flexibility index (Phi) is 6.22. The fourth-order valence-electron chi connectivity index (χ4n) is 2.08. The zero-order valence-electron chi connectivity index (χ0n) is 13.9. The fourth-order valence-corrected chi connectivity index (χ4v) is 2.26. The predicted molar refractivity (Wildman–Crippen MR) is 97.0 cm³/mol. The van der Waals surface area contributed by atoms with Crippen LogP contribution in [0.15, 0.2) is 53.5 Å². The van der Waals surface area contributed by atoms with Gasteiger partial charge in [0.1, 0.15) is 11.5 Å². The van der Waals surface area contributed by atoms with Gasteiger partial charge in [-0.2, -0.15) is 13.2 Å². The summed E-state index contributed by atoms with van der Waals surface area (Å²) in [6.45, 7) is 0. The molecule has 2 aromatic rings. The highest BCUT2D eigenvalue weighted by Gasteiger charge is 2.30.